The maximum absolute atomic E-state index is 12.5. The molecule has 0 bridgehead atoms. The molecule has 0 aliphatic heterocycles. The van der Waals surface area contributed by atoms with Crippen molar-refractivity contribution in [1.29, 1.82) is 0 Å². The van der Waals surface area contributed by atoms with Crippen molar-refractivity contribution in [2.75, 3.05) is 0 Å². The smallest absolute Gasteiger partial charge is 0.330 e. The summed E-state index contributed by atoms with van der Waals surface area (Å²) in [6, 6.07) is 15.9. The number of rotatable bonds is 4. The molecule has 2 atom stereocenters. The summed E-state index contributed by atoms with van der Waals surface area (Å²) in [5, 5.41) is 12.1. The molecule has 0 spiro atoms. The van der Waals surface area contributed by atoms with Crippen molar-refractivity contribution in [3.05, 3.63) is 71.3 Å². The number of carboxylic acid groups (broad SMARTS) is 1. The first kappa shape index (κ1) is 15.3. The Labute approximate surface area is 135 Å². The third-order valence-electron chi connectivity index (χ3n) is 4.38. The second-order valence-corrected chi connectivity index (χ2v) is 5.90. The number of hydrogen-bond donors (Lipinski definition) is 2. The lowest BCUT2D eigenvalue weighted by Crippen LogP contribution is -2.39. The zero-order chi connectivity index (χ0) is 16.2. The lowest BCUT2D eigenvalue weighted by atomic mass is 9.83. The zero-order valence-corrected chi connectivity index (χ0v) is 12.7. The molecule has 0 saturated carbocycles. The molecule has 2 aromatic carbocycles. The van der Waals surface area contributed by atoms with Crippen LogP contribution < -0.4 is 5.32 Å². The number of fused-ring (bicyclic) bond motifs is 1. The summed E-state index contributed by atoms with van der Waals surface area (Å²) in [7, 11) is 0. The van der Waals surface area contributed by atoms with E-state index in [4.69, 9.17) is 0 Å². The van der Waals surface area contributed by atoms with Gasteiger partial charge in [-0.3, -0.25) is 4.79 Å². The van der Waals surface area contributed by atoms with Crippen LogP contribution in [0.4, 0.5) is 0 Å². The molecule has 4 heteroatoms. The Balaban J connectivity index is 1.72. The van der Waals surface area contributed by atoms with Gasteiger partial charge in [-0.15, -0.1) is 0 Å². The van der Waals surface area contributed by atoms with Crippen LogP contribution in [0.5, 0.6) is 0 Å². The van der Waals surface area contributed by atoms with E-state index in [2.05, 4.69) is 11.4 Å². The van der Waals surface area contributed by atoms with Gasteiger partial charge in [0.25, 0.3) is 0 Å². The lowest BCUT2D eigenvalue weighted by Gasteiger charge is -2.25. The third kappa shape index (κ3) is 3.42. The molecule has 3 rings (SSSR count). The predicted octanol–water partition coefficient (Wildman–Crippen LogP) is 2.73. The molecule has 1 aliphatic rings. The van der Waals surface area contributed by atoms with Gasteiger partial charge in [-0.05, 0) is 36.0 Å². The Morgan fingerprint density at radius 2 is 1.65 bits per heavy atom. The van der Waals surface area contributed by atoms with Crippen LogP contribution >= 0.6 is 0 Å². The summed E-state index contributed by atoms with van der Waals surface area (Å²) in [6.07, 6.45) is 2.28. The van der Waals surface area contributed by atoms with Crippen molar-refractivity contribution in [3.63, 3.8) is 0 Å². The summed E-state index contributed by atoms with van der Waals surface area (Å²) >= 11 is 0. The minimum absolute atomic E-state index is 0.171. The van der Waals surface area contributed by atoms with Crippen molar-refractivity contribution in [1.82, 2.24) is 5.32 Å². The van der Waals surface area contributed by atoms with Crippen LogP contribution in [0.2, 0.25) is 0 Å². The van der Waals surface area contributed by atoms with Crippen LogP contribution in [0.15, 0.2) is 54.6 Å². The third-order valence-corrected chi connectivity index (χ3v) is 4.38. The average molecular weight is 309 g/mol. The number of carbonyl (C=O) groups is 2. The molecule has 0 saturated heterocycles. The van der Waals surface area contributed by atoms with Gasteiger partial charge in [0.05, 0.1) is 0 Å². The molecular weight excluding hydrogens is 290 g/mol. The van der Waals surface area contributed by atoms with Crippen molar-refractivity contribution in [2.24, 2.45) is 5.92 Å². The maximum Gasteiger partial charge on any atom is 0.330 e. The highest BCUT2D eigenvalue weighted by atomic mass is 16.4. The standard InChI is InChI=1S/C19H19NO3/c21-18(16-11-10-13-6-4-5-9-15(13)12-16)20-17(19(22)23)14-7-2-1-3-8-14/h1-9,16-17H,10-12H2,(H,20,21)(H,22,23). The van der Waals surface area contributed by atoms with Crippen LogP contribution in [-0.4, -0.2) is 17.0 Å². The van der Waals surface area contributed by atoms with Gasteiger partial charge in [-0.2, -0.15) is 0 Å². The van der Waals surface area contributed by atoms with E-state index in [-0.39, 0.29) is 11.8 Å². The van der Waals surface area contributed by atoms with Crippen LogP contribution in [0.25, 0.3) is 0 Å². The first-order chi connectivity index (χ1) is 11.1. The van der Waals surface area contributed by atoms with Crippen molar-refractivity contribution in [2.45, 2.75) is 25.3 Å². The van der Waals surface area contributed by atoms with E-state index in [1.807, 2.05) is 24.3 Å². The molecule has 2 unspecified atom stereocenters. The van der Waals surface area contributed by atoms with Gasteiger partial charge in [-0.25, -0.2) is 4.79 Å². The second kappa shape index (κ2) is 6.65. The van der Waals surface area contributed by atoms with E-state index in [1.165, 1.54) is 11.1 Å². The monoisotopic (exact) mass is 309 g/mol. The number of aliphatic carboxylic acids is 1. The van der Waals surface area contributed by atoms with Gasteiger partial charge < -0.3 is 10.4 Å². The van der Waals surface area contributed by atoms with E-state index in [0.717, 1.165) is 12.8 Å². The molecular formula is C19H19NO3. The first-order valence-electron chi connectivity index (χ1n) is 7.80. The van der Waals surface area contributed by atoms with Crippen molar-refractivity contribution in [3.8, 4) is 0 Å². The largest absolute Gasteiger partial charge is 0.479 e. The Kier molecular flexibility index (Phi) is 4.42. The van der Waals surface area contributed by atoms with E-state index in [0.29, 0.717) is 12.0 Å². The minimum atomic E-state index is -1.04. The second-order valence-electron chi connectivity index (χ2n) is 5.90. The molecule has 1 aliphatic carbocycles. The molecule has 1 amide bonds. The summed E-state index contributed by atoms with van der Waals surface area (Å²) in [4.78, 5) is 24.0. The Morgan fingerprint density at radius 3 is 2.35 bits per heavy atom. The molecule has 4 nitrogen and oxygen atoms in total. The summed E-state index contributed by atoms with van der Waals surface area (Å²) in [6.45, 7) is 0. The summed E-state index contributed by atoms with van der Waals surface area (Å²) in [5.41, 5.74) is 3.06. The van der Waals surface area contributed by atoms with Crippen LogP contribution in [0.3, 0.4) is 0 Å². The van der Waals surface area contributed by atoms with Crippen LogP contribution in [0, 0.1) is 5.92 Å². The number of nitrogens with one attached hydrogen (secondary N) is 1. The maximum atomic E-state index is 12.5. The Bertz CT molecular complexity index is 712. The van der Waals surface area contributed by atoms with E-state index in [1.54, 1.807) is 24.3 Å². The predicted molar refractivity (Wildman–Crippen MR) is 86.9 cm³/mol. The first-order valence-corrected chi connectivity index (χ1v) is 7.80. The number of hydrogen-bond acceptors (Lipinski definition) is 2. The molecule has 2 N–H and O–H groups in total. The van der Waals surface area contributed by atoms with Crippen LogP contribution in [0.1, 0.15) is 29.2 Å². The molecule has 118 valence electrons. The number of benzene rings is 2. The minimum Gasteiger partial charge on any atom is -0.479 e. The lowest BCUT2D eigenvalue weighted by molar-refractivity contribution is -0.142. The molecule has 2 aromatic rings. The van der Waals surface area contributed by atoms with E-state index >= 15 is 0 Å². The fraction of sp³-hybridized carbons (Fsp3) is 0.263. The van der Waals surface area contributed by atoms with Gasteiger partial charge in [0.15, 0.2) is 6.04 Å². The van der Waals surface area contributed by atoms with Crippen LogP contribution in [-0.2, 0) is 22.4 Å². The van der Waals surface area contributed by atoms with E-state index in [9.17, 15) is 14.7 Å². The normalized spacial score (nSPS) is 17.8. The van der Waals surface area contributed by atoms with Crippen molar-refractivity contribution < 1.29 is 14.7 Å². The zero-order valence-electron chi connectivity index (χ0n) is 12.7. The Morgan fingerprint density at radius 1 is 1.00 bits per heavy atom. The molecule has 23 heavy (non-hydrogen) atoms. The number of aryl methyl sites for hydroxylation is 1. The summed E-state index contributed by atoms with van der Waals surface area (Å²) in [5.74, 6) is -1.40. The number of carboxylic acids is 1. The Hall–Kier alpha value is -2.62. The quantitative estimate of drug-likeness (QED) is 0.912. The van der Waals surface area contributed by atoms with Crippen molar-refractivity contribution >= 4 is 11.9 Å². The molecule has 0 heterocycles. The summed E-state index contributed by atoms with van der Waals surface area (Å²) < 4.78 is 0. The fourth-order valence-electron chi connectivity index (χ4n) is 3.11. The fourth-order valence-corrected chi connectivity index (χ4v) is 3.11. The van der Waals surface area contributed by atoms with Gasteiger partial charge in [0.2, 0.25) is 5.91 Å². The highest BCUT2D eigenvalue weighted by molar-refractivity contribution is 5.86. The molecule has 0 radical (unpaired) electrons. The average Bonchev–Trinajstić information content (AvgIpc) is 2.59. The van der Waals surface area contributed by atoms with E-state index < -0.39 is 12.0 Å². The highest BCUT2D eigenvalue weighted by Crippen LogP contribution is 2.26. The van der Waals surface area contributed by atoms with Gasteiger partial charge in [-0.1, -0.05) is 54.6 Å². The number of carbonyl (C=O) groups excluding carboxylic acids is 1. The highest BCUT2D eigenvalue weighted by Gasteiger charge is 2.28. The van der Waals surface area contributed by atoms with Gasteiger partial charge >= 0.3 is 5.97 Å². The number of amides is 1. The van der Waals surface area contributed by atoms with Gasteiger partial charge in [0, 0.05) is 5.92 Å². The SMILES string of the molecule is O=C(NC(C(=O)O)c1ccccc1)C1CCc2ccccc2C1. The van der Waals surface area contributed by atoms with Gasteiger partial charge in [0.1, 0.15) is 0 Å². The topological polar surface area (TPSA) is 66.4 Å². The molecule has 0 fully saturated rings. The molecule has 0 aromatic heterocycles.